The lowest BCUT2D eigenvalue weighted by atomic mass is 10.1. The molecule has 2 heteroatoms. The van der Waals surface area contributed by atoms with Crippen LogP contribution in [0.15, 0.2) is 12.7 Å². The maximum Gasteiger partial charge on any atom is 0.0105 e. The Balaban J connectivity index is 3.47. The lowest BCUT2D eigenvalue weighted by Crippen LogP contribution is -2.31. The van der Waals surface area contributed by atoms with Gasteiger partial charge < -0.3 is 10.6 Å². The van der Waals surface area contributed by atoms with Crippen molar-refractivity contribution in [2.24, 2.45) is 5.73 Å². The van der Waals surface area contributed by atoms with Crippen molar-refractivity contribution in [1.82, 2.24) is 4.90 Å². The van der Waals surface area contributed by atoms with Crippen LogP contribution in [0, 0.1) is 0 Å². The number of hydrogen-bond donors (Lipinski definition) is 1. The van der Waals surface area contributed by atoms with Crippen LogP contribution in [0.25, 0.3) is 0 Å². The summed E-state index contributed by atoms with van der Waals surface area (Å²) in [4.78, 5) is 2.56. The highest BCUT2D eigenvalue weighted by Crippen LogP contribution is 2.07. The molecule has 0 unspecified atom stereocenters. The zero-order valence-electron chi connectivity index (χ0n) is 13.2. The molecule has 0 aromatic heterocycles. The highest BCUT2D eigenvalue weighted by molar-refractivity contribution is 4.66. The highest BCUT2D eigenvalue weighted by atomic mass is 15.1. The molecular formula is C17H36N2. The van der Waals surface area contributed by atoms with Crippen LogP contribution in [0.4, 0.5) is 0 Å². The third-order valence-electron chi connectivity index (χ3n) is 3.66. The Bertz CT molecular complexity index is 180. The Labute approximate surface area is 121 Å². The molecule has 0 saturated heterocycles. The minimum Gasteiger partial charge on any atom is -0.329 e. The van der Waals surface area contributed by atoms with Gasteiger partial charge in [-0.3, -0.25) is 0 Å². The van der Waals surface area contributed by atoms with Crippen LogP contribution in [-0.4, -0.2) is 31.1 Å². The smallest absolute Gasteiger partial charge is 0.0105 e. The molecule has 0 aliphatic carbocycles. The normalized spacial score (nSPS) is 11.1. The van der Waals surface area contributed by atoms with E-state index in [0.29, 0.717) is 0 Å². The molecular weight excluding hydrogens is 232 g/mol. The first-order chi connectivity index (χ1) is 9.35. The first kappa shape index (κ1) is 18.7. The van der Waals surface area contributed by atoms with Crippen LogP contribution >= 0.6 is 0 Å². The molecule has 0 aliphatic heterocycles. The second-order valence-corrected chi connectivity index (χ2v) is 5.54. The van der Waals surface area contributed by atoms with Gasteiger partial charge in [0.15, 0.2) is 0 Å². The van der Waals surface area contributed by atoms with Crippen molar-refractivity contribution in [2.45, 2.75) is 71.1 Å². The van der Waals surface area contributed by atoms with Gasteiger partial charge in [0.1, 0.15) is 0 Å². The molecule has 0 aliphatic rings. The molecule has 0 bridgehead atoms. The second-order valence-electron chi connectivity index (χ2n) is 5.54. The SMILES string of the molecule is C=CCCCCCCN(CCN)CCCCCCC. The minimum atomic E-state index is 0.797. The number of hydrogen-bond acceptors (Lipinski definition) is 2. The van der Waals surface area contributed by atoms with Gasteiger partial charge >= 0.3 is 0 Å². The monoisotopic (exact) mass is 268 g/mol. The Kier molecular flexibility index (Phi) is 15.4. The summed E-state index contributed by atoms with van der Waals surface area (Å²) in [5.74, 6) is 0. The van der Waals surface area contributed by atoms with E-state index >= 15 is 0 Å². The summed E-state index contributed by atoms with van der Waals surface area (Å²) in [6.07, 6.45) is 15.4. The predicted molar refractivity (Wildman–Crippen MR) is 87.5 cm³/mol. The Morgan fingerprint density at radius 3 is 1.95 bits per heavy atom. The van der Waals surface area contributed by atoms with Gasteiger partial charge in [0.05, 0.1) is 0 Å². The van der Waals surface area contributed by atoms with Gasteiger partial charge in [-0.15, -0.1) is 6.58 Å². The molecule has 0 heterocycles. The van der Waals surface area contributed by atoms with Crippen molar-refractivity contribution < 1.29 is 0 Å². The fraction of sp³-hybridized carbons (Fsp3) is 0.882. The van der Waals surface area contributed by atoms with Gasteiger partial charge in [-0.1, -0.05) is 51.5 Å². The van der Waals surface area contributed by atoms with Gasteiger partial charge in [0.25, 0.3) is 0 Å². The topological polar surface area (TPSA) is 29.3 Å². The first-order valence-electron chi connectivity index (χ1n) is 8.38. The Hall–Kier alpha value is -0.340. The van der Waals surface area contributed by atoms with Crippen molar-refractivity contribution in [1.29, 1.82) is 0 Å². The van der Waals surface area contributed by atoms with Crippen molar-refractivity contribution in [3.05, 3.63) is 12.7 Å². The quantitative estimate of drug-likeness (QED) is 0.353. The number of rotatable bonds is 15. The van der Waals surface area contributed by atoms with E-state index in [9.17, 15) is 0 Å². The minimum absolute atomic E-state index is 0.797. The fourth-order valence-electron chi connectivity index (χ4n) is 2.43. The number of unbranched alkanes of at least 4 members (excludes halogenated alkanes) is 8. The van der Waals surface area contributed by atoms with E-state index in [1.807, 2.05) is 6.08 Å². The number of allylic oxidation sites excluding steroid dienone is 1. The zero-order valence-corrected chi connectivity index (χ0v) is 13.2. The second kappa shape index (κ2) is 15.7. The molecule has 2 nitrogen and oxygen atoms in total. The van der Waals surface area contributed by atoms with Gasteiger partial charge in [0.2, 0.25) is 0 Å². The molecule has 114 valence electrons. The highest BCUT2D eigenvalue weighted by Gasteiger charge is 2.03. The molecule has 0 aromatic rings. The molecule has 0 spiro atoms. The number of nitrogens with two attached hydrogens (primary N) is 1. The van der Waals surface area contributed by atoms with E-state index in [1.165, 1.54) is 77.3 Å². The average Bonchev–Trinajstić information content (AvgIpc) is 2.42. The summed E-state index contributed by atoms with van der Waals surface area (Å²) >= 11 is 0. The van der Waals surface area contributed by atoms with Crippen molar-refractivity contribution >= 4 is 0 Å². The average molecular weight is 268 g/mol. The Morgan fingerprint density at radius 2 is 1.42 bits per heavy atom. The molecule has 0 aromatic carbocycles. The molecule has 0 rings (SSSR count). The van der Waals surface area contributed by atoms with E-state index in [1.54, 1.807) is 0 Å². The fourth-order valence-corrected chi connectivity index (χ4v) is 2.43. The summed E-state index contributed by atoms with van der Waals surface area (Å²) in [6.45, 7) is 10.4. The third-order valence-corrected chi connectivity index (χ3v) is 3.66. The standard InChI is InChI=1S/C17H36N2/c1-3-5-7-9-11-13-16-19(17-14-18)15-12-10-8-6-4-2/h3H,1,4-18H2,2H3. The van der Waals surface area contributed by atoms with E-state index in [-0.39, 0.29) is 0 Å². The van der Waals surface area contributed by atoms with Gasteiger partial charge in [-0.25, -0.2) is 0 Å². The Morgan fingerprint density at radius 1 is 0.842 bits per heavy atom. The van der Waals surface area contributed by atoms with Crippen molar-refractivity contribution in [2.75, 3.05) is 26.2 Å². The molecule has 19 heavy (non-hydrogen) atoms. The first-order valence-corrected chi connectivity index (χ1v) is 8.38. The summed E-state index contributed by atoms with van der Waals surface area (Å²) in [5.41, 5.74) is 5.70. The summed E-state index contributed by atoms with van der Waals surface area (Å²) < 4.78 is 0. The van der Waals surface area contributed by atoms with Crippen LogP contribution in [0.5, 0.6) is 0 Å². The largest absolute Gasteiger partial charge is 0.329 e. The summed E-state index contributed by atoms with van der Waals surface area (Å²) in [5, 5.41) is 0. The molecule has 0 atom stereocenters. The van der Waals surface area contributed by atoms with Crippen LogP contribution in [0.3, 0.4) is 0 Å². The van der Waals surface area contributed by atoms with E-state index in [4.69, 9.17) is 5.73 Å². The van der Waals surface area contributed by atoms with E-state index < -0.39 is 0 Å². The number of nitrogens with zero attached hydrogens (tertiary/aromatic N) is 1. The summed E-state index contributed by atoms with van der Waals surface area (Å²) in [7, 11) is 0. The van der Waals surface area contributed by atoms with Crippen LogP contribution in [0.2, 0.25) is 0 Å². The lowest BCUT2D eigenvalue weighted by molar-refractivity contribution is 0.267. The maximum absolute atomic E-state index is 5.70. The molecule has 0 amide bonds. The van der Waals surface area contributed by atoms with Crippen LogP contribution in [-0.2, 0) is 0 Å². The van der Waals surface area contributed by atoms with E-state index in [2.05, 4.69) is 18.4 Å². The van der Waals surface area contributed by atoms with E-state index in [0.717, 1.165) is 13.1 Å². The molecule has 0 saturated carbocycles. The zero-order chi connectivity index (χ0) is 14.2. The molecule has 2 N–H and O–H groups in total. The summed E-state index contributed by atoms with van der Waals surface area (Å²) in [6, 6.07) is 0. The van der Waals surface area contributed by atoms with Crippen LogP contribution in [0.1, 0.15) is 71.1 Å². The van der Waals surface area contributed by atoms with Crippen molar-refractivity contribution in [3.8, 4) is 0 Å². The predicted octanol–water partition coefficient (Wildman–Crippen LogP) is 4.35. The lowest BCUT2D eigenvalue weighted by Gasteiger charge is -2.21. The van der Waals surface area contributed by atoms with Gasteiger partial charge in [0, 0.05) is 13.1 Å². The van der Waals surface area contributed by atoms with Crippen molar-refractivity contribution in [3.63, 3.8) is 0 Å². The third kappa shape index (κ3) is 13.9. The van der Waals surface area contributed by atoms with Gasteiger partial charge in [-0.05, 0) is 38.8 Å². The molecule has 0 fully saturated rings. The van der Waals surface area contributed by atoms with Crippen LogP contribution < -0.4 is 5.73 Å². The molecule has 0 radical (unpaired) electrons. The maximum atomic E-state index is 5.70. The van der Waals surface area contributed by atoms with Gasteiger partial charge in [-0.2, -0.15) is 0 Å².